The molecule has 2 aromatic rings. The van der Waals surface area contributed by atoms with Gasteiger partial charge >= 0.3 is 11.9 Å². The van der Waals surface area contributed by atoms with Crippen LogP contribution in [-0.2, 0) is 25.5 Å². The fraction of sp³-hybridized carbons (Fsp3) is 0.368. The Balaban J connectivity index is 1.65. The van der Waals surface area contributed by atoms with Crippen LogP contribution in [0.5, 0.6) is 0 Å². The molecule has 2 aromatic carbocycles. The first kappa shape index (κ1) is 14.2. The van der Waals surface area contributed by atoms with Crippen LogP contribution in [0.25, 0.3) is 10.8 Å². The summed E-state index contributed by atoms with van der Waals surface area (Å²) in [6.07, 6.45) is 0.533. The number of hydrogen-bond acceptors (Lipinski definition) is 4. The molecule has 0 aromatic heterocycles. The molecule has 0 radical (unpaired) electrons. The zero-order valence-electron chi connectivity index (χ0n) is 13.0. The first-order valence-corrected chi connectivity index (χ1v) is 7.98. The van der Waals surface area contributed by atoms with Gasteiger partial charge in [0.15, 0.2) is 0 Å². The largest absolute Gasteiger partial charge is 0.466 e. The third-order valence-electron chi connectivity index (χ3n) is 5.13. The van der Waals surface area contributed by atoms with Gasteiger partial charge in [0, 0.05) is 5.92 Å². The lowest BCUT2D eigenvalue weighted by Crippen LogP contribution is -2.25. The van der Waals surface area contributed by atoms with E-state index in [2.05, 4.69) is 24.3 Å². The standard InChI is InChI=1S/C19H18O4/c1-2-22-17(20)16-15-11-23-18(21)19(15,16)10-12-7-8-13-5-3-4-6-14(13)9-12/h3-9,15-16H,2,10-11H2,1H3. The van der Waals surface area contributed by atoms with Crippen LogP contribution in [0.1, 0.15) is 12.5 Å². The van der Waals surface area contributed by atoms with E-state index in [-0.39, 0.29) is 23.8 Å². The molecule has 0 amide bonds. The molecular formula is C19H18O4. The topological polar surface area (TPSA) is 52.6 Å². The van der Waals surface area contributed by atoms with Crippen LogP contribution < -0.4 is 0 Å². The first-order valence-electron chi connectivity index (χ1n) is 7.98. The monoisotopic (exact) mass is 310 g/mol. The summed E-state index contributed by atoms with van der Waals surface area (Å²) >= 11 is 0. The van der Waals surface area contributed by atoms with Gasteiger partial charge in [0.1, 0.15) is 0 Å². The zero-order valence-corrected chi connectivity index (χ0v) is 13.0. The number of fused-ring (bicyclic) bond motifs is 2. The number of rotatable bonds is 4. The van der Waals surface area contributed by atoms with E-state index in [0.29, 0.717) is 19.6 Å². The number of ether oxygens (including phenoxy) is 2. The summed E-state index contributed by atoms with van der Waals surface area (Å²) in [7, 11) is 0. The van der Waals surface area contributed by atoms with Crippen LogP contribution in [-0.4, -0.2) is 25.2 Å². The molecule has 1 heterocycles. The van der Waals surface area contributed by atoms with Crippen LogP contribution in [0.3, 0.4) is 0 Å². The van der Waals surface area contributed by atoms with E-state index in [9.17, 15) is 9.59 Å². The maximum absolute atomic E-state index is 12.3. The number of carbonyl (C=O) groups excluding carboxylic acids is 2. The van der Waals surface area contributed by atoms with Gasteiger partial charge in [0.2, 0.25) is 0 Å². The highest BCUT2D eigenvalue weighted by Gasteiger charge is 2.77. The van der Waals surface area contributed by atoms with E-state index < -0.39 is 5.41 Å². The molecule has 0 spiro atoms. The van der Waals surface area contributed by atoms with Crippen molar-refractivity contribution in [3.63, 3.8) is 0 Å². The van der Waals surface area contributed by atoms with E-state index >= 15 is 0 Å². The van der Waals surface area contributed by atoms with Crippen molar-refractivity contribution < 1.29 is 19.1 Å². The molecule has 3 atom stereocenters. The lowest BCUT2D eigenvalue weighted by Gasteiger charge is -2.13. The van der Waals surface area contributed by atoms with Gasteiger partial charge in [-0.25, -0.2) is 0 Å². The Morgan fingerprint density at radius 1 is 1.26 bits per heavy atom. The van der Waals surface area contributed by atoms with Crippen molar-refractivity contribution in [1.82, 2.24) is 0 Å². The highest BCUT2D eigenvalue weighted by atomic mass is 16.6. The number of hydrogen-bond donors (Lipinski definition) is 0. The van der Waals surface area contributed by atoms with Gasteiger partial charge in [0.25, 0.3) is 0 Å². The lowest BCUT2D eigenvalue weighted by atomic mass is 9.92. The number of esters is 2. The fourth-order valence-corrected chi connectivity index (χ4v) is 3.95. The minimum atomic E-state index is -0.714. The summed E-state index contributed by atoms with van der Waals surface area (Å²) < 4.78 is 10.3. The molecule has 118 valence electrons. The molecular weight excluding hydrogens is 292 g/mol. The molecule has 2 aliphatic rings. The summed E-state index contributed by atoms with van der Waals surface area (Å²) in [5.41, 5.74) is 0.341. The second-order valence-electron chi connectivity index (χ2n) is 6.33. The van der Waals surface area contributed by atoms with Gasteiger partial charge in [0.05, 0.1) is 24.5 Å². The molecule has 1 aliphatic heterocycles. The quantitative estimate of drug-likeness (QED) is 0.815. The molecule has 0 bridgehead atoms. The lowest BCUT2D eigenvalue weighted by molar-refractivity contribution is -0.154. The Labute approximate surface area is 134 Å². The van der Waals surface area contributed by atoms with Crippen LogP contribution in [0, 0.1) is 17.3 Å². The minimum Gasteiger partial charge on any atom is -0.466 e. The predicted octanol–water partition coefficient (Wildman–Crippen LogP) is 2.73. The molecule has 1 aliphatic carbocycles. The van der Waals surface area contributed by atoms with E-state index in [1.165, 1.54) is 0 Å². The average Bonchev–Trinajstić information content (AvgIpc) is 3.10. The molecule has 4 heteroatoms. The van der Waals surface area contributed by atoms with Crippen molar-refractivity contribution in [2.24, 2.45) is 17.3 Å². The van der Waals surface area contributed by atoms with Crippen LogP contribution in [0.15, 0.2) is 42.5 Å². The Kier molecular flexibility index (Phi) is 3.15. The summed E-state index contributed by atoms with van der Waals surface area (Å²) in [6, 6.07) is 14.3. The molecule has 2 fully saturated rings. The smallest absolute Gasteiger partial charge is 0.313 e. The first-order chi connectivity index (χ1) is 11.2. The summed E-state index contributed by atoms with van der Waals surface area (Å²) in [5.74, 6) is -0.917. The molecule has 3 unspecified atom stereocenters. The zero-order chi connectivity index (χ0) is 16.0. The Morgan fingerprint density at radius 3 is 2.83 bits per heavy atom. The van der Waals surface area contributed by atoms with E-state index in [0.717, 1.165) is 16.3 Å². The van der Waals surface area contributed by atoms with Gasteiger partial charge in [-0.3, -0.25) is 9.59 Å². The third kappa shape index (κ3) is 2.05. The Morgan fingerprint density at radius 2 is 2.04 bits per heavy atom. The molecule has 23 heavy (non-hydrogen) atoms. The third-order valence-corrected chi connectivity index (χ3v) is 5.13. The maximum atomic E-state index is 12.3. The van der Waals surface area contributed by atoms with Gasteiger partial charge < -0.3 is 9.47 Å². The van der Waals surface area contributed by atoms with E-state index in [4.69, 9.17) is 9.47 Å². The molecule has 1 saturated heterocycles. The van der Waals surface area contributed by atoms with Crippen LogP contribution in [0.4, 0.5) is 0 Å². The summed E-state index contributed by atoms with van der Waals surface area (Å²) in [4.78, 5) is 24.4. The van der Waals surface area contributed by atoms with Gasteiger partial charge in [-0.2, -0.15) is 0 Å². The second kappa shape index (κ2) is 5.08. The molecule has 1 saturated carbocycles. The van der Waals surface area contributed by atoms with Gasteiger partial charge in [-0.1, -0.05) is 42.5 Å². The Bertz CT molecular complexity index is 797. The van der Waals surface area contributed by atoms with Crippen LogP contribution in [0.2, 0.25) is 0 Å². The van der Waals surface area contributed by atoms with E-state index in [1.807, 2.05) is 18.2 Å². The van der Waals surface area contributed by atoms with E-state index in [1.54, 1.807) is 6.92 Å². The van der Waals surface area contributed by atoms with Gasteiger partial charge in [-0.15, -0.1) is 0 Å². The maximum Gasteiger partial charge on any atom is 0.313 e. The Hall–Kier alpha value is -2.36. The summed E-state index contributed by atoms with van der Waals surface area (Å²) in [5, 5.41) is 2.30. The van der Waals surface area contributed by atoms with Crippen molar-refractivity contribution in [1.29, 1.82) is 0 Å². The highest BCUT2D eigenvalue weighted by molar-refractivity contribution is 5.94. The fourth-order valence-electron chi connectivity index (χ4n) is 3.95. The van der Waals surface area contributed by atoms with Crippen molar-refractivity contribution in [2.75, 3.05) is 13.2 Å². The number of carbonyl (C=O) groups is 2. The normalized spacial score (nSPS) is 28.3. The highest BCUT2D eigenvalue weighted by Crippen LogP contribution is 2.65. The number of cyclic esters (lactones) is 1. The molecule has 4 rings (SSSR count). The van der Waals surface area contributed by atoms with Crippen LogP contribution >= 0.6 is 0 Å². The van der Waals surface area contributed by atoms with Gasteiger partial charge in [-0.05, 0) is 29.7 Å². The van der Waals surface area contributed by atoms with Crippen molar-refractivity contribution >= 4 is 22.7 Å². The predicted molar refractivity (Wildman–Crippen MR) is 84.7 cm³/mol. The molecule has 4 nitrogen and oxygen atoms in total. The van der Waals surface area contributed by atoms with Crippen molar-refractivity contribution in [3.8, 4) is 0 Å². The SMILES string of the molecule is CCOC(=O)C1C2COC(=O)C21Cc1ccc2ccccc2c1. The minimum absolute atomic E-state index is 0.0412. The number of benzene rings is 2. The molecule has 0 N–H and O–H groups in total. The van der Waals surface area contributed by atoms with Crippen molar-refractivity contribution in [3.05, 3.63) is 48.0 Å². The average molecular weight is 310 g/mol. The summed E-state index contributed by atoms with van der Waals surface area (Å²) in [6.45, 7) is 2.45. The van der Waals surface area contributed by atoms with Crippen molar-refractivity contribution in [2.45, 2.75) is 13.3 Å². The second-order valence-corrected chi connectivity index (χ2v) is 6.33.